The molecule has 3 N–H and O–H groups in total. The summed E-state index contributed by atoms with van der Waals surface area (Å²) < 4.78 is 12.7. The first-order valence-corrected chi connectivity index (χ1v) is 4.65. The Morgan fingerprint density at radius 3 is 2.93 bits per heavy atom. The maximum absolute atomic E-state index is 12.7. The van der Waals surface area contributed by atoms with Gasteiger partial charge in [-0.25, -0.2) is 9.37 Å². The largest absolute Gasteiger partial charge is 0.398 e. The first kappa shape index (κ1) is 9.01. The predicted octanol–water partition coefficient (Wildman–Crippen LogP) is 1.68. The fraction of sp³-hybridized carbons (Fsp3) is 0. The molecule has 0 aliphatic carbocycles. The van der Waals surface area contributed by atoms with E-state index < -0.39 is 0 Å². The van der Waals surface area contributed by atoms with Crippen molar-refractivity contribution in [2.75, 3.05) is 5.73 Å². The molecule has 72 valence electrons. The fourth-order valence-electron chi connectivity index (χ4n) is 0.960. The summed E-state index contributed by atoms with van der Waals surface area (Å²) >= 11 is 1.31. The lowest BCUT2D eigenvalue weighted by Crippen LogP contribution is -1.90. The molecule has 0 fully saturated rings. The Balaban J connectivity index is 2.25. The molecule has 0 aliphatic heterocycles. The lowest BCUT2D eigenvalue weighted by Gasteiger charge is -2.01. The molecule has 0 saturated heterocycles. The number of nitrogens with zero attached hydrogens (tertiary/aromatic N) is 2. The summed E-state index contributed by atoms with van der Waals surface area (Å²) in [7, 11) is 0. The van der Waals surface area contributed by atoms with E-state index in [1.54, 1.807) is 6.07 Å². The second kappa shape index (κ2) is 3.67. The highest BCUT2D eigenvalue weighted by molar-refractivity contribution is 7.99. The molecule has 0 saturated carbocycles. The van der Waals surface area contributed by atoms with Gasteiger partial charge >= 0.3 is 0 Å². The van der Waals surface area contributed by atoms with Crippen LogP contribution < -0.4 is 5.73 Å². The number of aromatic nitrogens is 3. The van der Waals surface area contributed by atoms with Crippen LogP contribution >= 0.6 is 11.8 Å². The summed E-state index contributed by atoms with van der Waals surface area (Å²) in [6, 6.07) is 4.24. The van der Waals surface area contributed by atoms with Crippen molar-refractivity contribution in [3.63, 3.8) is 0 Å². The zero-order valence-corrected chi connectivity index (χ0v) is 7.88. The Morgan fingerprint density at radius 1 is 1.43 bits per heavy atom. The van der Waals surface area contributed by atoms with E-state index in [1.165, 1.54) is 30.2 Å². The molecule has 0 amide bonds. The number of nitrogen functional groups attached to an aromatic ring is 1. The minimum atomic E-state index is -0.343. The lowest BCUT2D eigenvalue weighted by molar-refractivity contribution is 0.627. The molecule has 4 nitrogen and oxygen atoms in total. The fourth-order valence-corrected chi connectivity index (χ4v) is 1.68. The van der Waals surface area contributed by atoms with E-state index in [0.717, 1.165) is 4.90 Å². The van der Waals surface area contributed by atoms with Gasteiger partial charge in [0.25, 0.3) is 0 Å². The maximum Gasteiger partial charge on any atom is 0.188 e. The smallest absolute Gasteiger partial charge is 0.188 e. The number of aromatic amines is 1. The van der Waals surface area contributed by atoms with Crippen LogP contribution in [0.2, 0.25) is 0 Å². The van der Waals surface area contributed by atoms with Gasteiger partial charge in [-0.05, 0) is 30.0 Å². The van der Waals surface area contributed by atoms with Crippen LogP contribution in [-0.2, 0) is 0 Å². The molecule has 0 bridgehead atoms. The van der Waals surface area contributed by atoms with Crippen LogP contribution in [-0.4, -0.2) is 15.2 Å². The minimum Gasteiger partial charge on any atom is -0.398 e. The molecule has 6 heteroatoms. The van der Waals surface area contributed by atoms with E-state index in [2.05, 4.69) is 15.2 Å². The zero-order valence-electron chi connectivity index (χ0n) is 7.07. The zero-order chi connectivity index (χ0) is 9.97. The molecule has 0 spiro atoms. The molecular formula is C8H7FN4S. The monoisotopic (exact) mass is 210 g/mol. The van der Waals surface area contributed by atoms with Gasteiger partial charge in [0.2, 0.25) is 0 Å². The van der Waals surface area contributed by atoms with Crippen molar-refractivity contribution in [1.29, 1.82) is 0 Å². The van der Waals surface area contributed by atoms with Crippen LogP contribution in [0.15, 0.2) is 34.6 Å². The summed E-state index contributed by atoms with van der Waals surface area (Å²) in [6.07, 6.45) is 1.40. The topological polar surface area (TPSA) is 67.6 Å². The predicted molar refractivity (Wildman–Crippen MR) is 51.3 cm³/mol. The van der Waals surface area contributed by atoms with Gasteiger partial charge < -0.3 is 5.73 Å². The van der Waals surface area contributed by atoms with Gasteiger partial charge in [0.1, 0.15) is 12.1 Å². The molecule has 1 heterocycles. The maximum atomic E-state index is 12.7. The van der Waals surface area contributed by atoms with Crippen molar-refractivity contribution < 1.29 is 4.39 Å². The van der Waals surface area contributed by atoms with E-state index in [1.807, 2.05) is 0 Å². The summed E-state index contributed by atoms with van der Waals surface area (Å²) in [5.74, 6) is -0.343. The number of benzene rings is 1. The summed E-state index contributed by atoms with van der Waals surface area (Å²) in [4.78, 5) is 4.67. The number of nitrogens with two attached hydrogens (primary N) is 1. The molecule has 0 atom stereocenters. The summed E-state index contributed by atoms with van der Waals surface area (Å²) in [6.45, 7) is 0. The Labute approximate surface area is 83.7 Å². The number of halogens is 1. The molecule has 2 rings (SSSR count). The van der Waals surface area contributed by atoms with Gasteiger partial charge in [-0.15, -0.1) is 0 Å². The standard InChI is InChI=1S/C8H7FN4S/c9-5-1-2-7(6(10)3-5)14-8-11-4-12-13-8/h1-4H,10H2,(H,11,12,13). The first-order valence-electron chi connectivity index (χ1n) is 3.84. The SMILES string of the molecule is Nc1cc(F)ccc1Sc1ncn[nH]1. The number of hydrogen-bond donors (Lipinski definition) is 2. The van der Waals surface area contributed by atoms with Crippen LogP contribution in [0, 0.1) is 5.82 Å². The molecule has 1 aromatic heterocycles. The highest BCUT2D eigenvalue weighted by Crippen LogP contribution is 2.29. The number of hydrogen-bond acceptors (Lipinski definition) is 4. The molecular weight excluding hydrogens is 203 g/mol. The van der Waals surface area contributed by atoms with Crippen molar-refractivity contribution in [3.8, 4) is 0 Å². The third-order valence-electron chi connectivity index (χ3n) is 1.57. The molecule has 0 aliphatic rings. The molecule has 1 aromatic carbocycles. The average molecular weight is 210 g/mol. The second-order valence-corrected chi connectivity index (χ2v) is 3.61. The van der Waals surface area contributed by atoms with Gasteiger partial charge in [-0.1, -0.05) is 0 Å². The molecule has 0 radical (unpaired) electrons. The number of H-pyrrole nitrogens is 1. The Hall–Kier alpha value is -1.56. The molecule has 14 heavy (non-hydrogen) atoms. The first-order chi connectivity index (χ1) is 6.75. The van der Waals surface area contributed by atoms with Gasteiger partial charge in [0.05, 0.1) is 0 Å². The van der Waals surface area contributed by atoms with Crippen LogP contribution in [0.4, 0.5) is 10.1 Å². The third kappa shape index (κ3) is 1.85. The Kier molecular flexibility index (Phi) is 2.36. The minimum absolute atomic E-state index is 0.343. The van der Waals surface area contributed by atoms with Crippen LogP contribution in [0.25, 0.3) is 0 Å². The number of rotatable bonds is 2. The van der Waals surface area contributed by atoms with Gasteiger partial charge in [0, 0.05) is 10.6 Å². The number of anilines is 1. The third-order valence-corrected chi connectivity index (χ3v) is 2.55. The van der Waals surface area contributed by atoms with E-state index in [9.17, 15) is 4.39 Å². The lowest BCUT2D eigenvalue weighted by atomic mass is 10.3. The van der Waals surface area contributed by atoms with Crippen molar-refractivity contribution in [2.45, 2.75) is 10.1 Å². The van der Waals surface area contributed by atoms with E-state index in [0.29, 0.717) is 10.8 Å². The van der Waals surface area contributed by atoms with Crippen molar-refractivity contribution in [3.05, 3.63) is 30.3 Å². The normalized spacial score (nSPS) is 10.4. The Morgan fingerprint density at radius 2 is 2.29 bits per heavy atom. The Bertz CT molecular complexity index is 429. The van der Waals surface area contributed by atoms with Gasteiger partial charge in [-0.2, -0.15) is 5.10 Å². The van der Waals surface area contributed by atoms with Crippen molar-refractivity contribution in [1.82, 2.24) is 15.2 Å². The second-order valence-electron chi connectivity index (χ2n) is 2.57. The van der Waals surface area contributed by atoms with Crippen molar-refractivity contribution >= 4 is 17.4 Å². The van der Waals surface area contributed by atoms with Crippen LogP contribution in [0.1, 0.15) is 0 Å². The highest BCUT2D eigenvalue weighted by atomic mass is 32.2. The van der Waals surface area contributed by atoms with Crippen molar-refractivity contribution in [2.24, 2.45) is 0 Å². The summed E-state index contributed by atoms with van der Waals surface area (Å²) in [5.41, 5.74) is 6.01. The summed E-state index contributed by atoms with van der Waals surface area (Å²) in [5, 5.41) is 7.00. The van der Waals surface area contributed by atoms with Gasteiger partial charge in [-0.3, -0.25) is 5.10 Å². The highest BCUT2D eigenvalue weighted by Gasteiger charge is 2.04. The van der Waals surface area contributed by atoms with E-state index in [4.69, 9.17) is 5.73 Å². The quantitative estimate of drug-likeness (QED) is 0.740. The number of nitrogens with one attached hydrogen (secondary N) is 1. The van der Waals surface area contributed by atoms with Gasteiger partial charge in [0.15, 0.2) is 5.16 Å². The van der Waals surface area contributed by atoms with E-state index >= 15 is 0 Å². The molecule has 2 aromatic rings. The molecule has 0 unspecified atom stereocenters. The van der Waals surface area contributed by atoms with E-state index in [-0.39, 0.29) is 5.82 Å². The van der Waals surface area contributed by atoms with Crippen LogP contribution in [0.3, 0.4) is 0 Å². The van der Waals surface area contributed by atoms with Crippen LogP contribution in [0.5, 0.6) is 0 Å². The average Bonchev–Trinajstić information content (AvgIpc) is 2.62.